The van der Waals surface area contributed by atoms with Crippen LogP contribution in [-0.4, -0.2) is 10.2 Å². The Balaban J connectivity index is 1.78. The highest BCUT2D eigenvalue weighted by atomic mass is 32.1. The van der Waals surface area contributed by atoms with Crippen LogP contribution in [-0.2, 0) is 6.61 Å². The van der Waals surface area contributed by atoms with Crippen LogP contribution < -0.4 is 10.3 Å². The van der Waals surface area contributed by atoms with Gasteiger partial charge in [-0.1, -0.05) is 30.3 Å². The van der Waals surface area contributed by atoms with Crippen molar-refractivity contribution in [1.82, 2.24) is 10.2 Å². The molecule has 4 nitrogen and oxygen atoms in total. The van der Waals surface area contributed by atoms with Gasteiger partial charge >= 0.3 is 0 Å². The largest absolute Gasteiger partial charge is 0.488 e. The van der Waals surface area contributed by atoms with Crippen molar-refractivity contribution < 1.29 is 9.13 Å². The third-order valence-electron chi connectivity index (χ3n) is 3.83. The van der Waals surface area contributed by atoms with Crippen LogP contribution in [0.15, 0.2) is 64.8 Å². The Kier molecular flexibility index (Phi) is 4.03. The molecule has 0 aliphatic heterocycles. The Labute approximate surface area is 146 Å². The molecular weight excluding hydrogens is 339 g/mol. The van der Waals surface area contributed by atoms with E-state index in [0.717, 1.165) is 10.3 Å². The Morgan fingerprint density at radius 3 is 2.80 bits per heavy atom. The van der Waals surface area contributed by atoms with Gasteiger partial charge in [-0.2, -0.15) is 5.10 Å². The minimum Gasteiger partial charge on any atom is -0.488 e. The average molecular weight is 352 g/mol. The monoisotopic (exact) mass is 352 g/mol. The zero-order chi connectivity index (χ0) is 17.2. The molecule has 2 aromatic carbocycles. The summed E-state index contributed by atoms with van der Waals surface area (Å²) in [6.07, 6.45) is 0. The Morgan fingerprint density at radius 2 is 1.96 bits per heavy atom. The number of ether oxygens (including phenoxy) is 1. The van der Waals surface area contributed by atoms with Crippen molar-refractivity contribution in [3.63, 3.8) is 0 Å². The van der Waals surface area contributed by atoms with Crippen LogP contribution in [0.3, 0.4) is 0 Å². The lowest BCUT2D eigenvalue weighted by molar-refractivity contribution is 0.306. The van der Waals surface area contributed by atoms with Crippen molar-refractivity contribution >= 4 is 21.4 Å². The number of nitrogens with one attached hydrogen (secondary N) is 1. The van der Waals surface area contributed by atoms with Crippen molar-refractivity contribution in [3.05, 3.63) is 81.7 Å². The summed E-state index contributed by atoms with van der Waals surface area (Å²) in [5.74, 6) is -0.00300. The zero-order valence-corrected chi connectivity index (χ0v) is 13.8. The summed E-state index contributed by atoms with van der Waals surface area (Å²) in [7, 11) is 0. The van der Waals surface area contributed by atoms with Crippen LogP contribution in [0.2, 0.25) is 0 Å². The number of rotatable bonds is 4. The second-order valence-electron chi connectivity index (χ2n) is 5.48. The lowest BCUT2D eigenvalue weighted by atomic mass is 10.1. The summed E-state index contributed by atoms with van der Waals surface area (Å²) in [6.45, 7) is 0.314. The van der Waals surface area contributed by atoms with Crippen molar-refractivity contribution in [2.24, 2.45) is 0 Å². The molecule has 0 atom stereocenters. The predicted octanol–water partition coefficient (Wildman–Crippen LogP) is 4.37. The highest BCUT2D eigenvalue weighted by Gasteiger charge is 2.15. The fraction of sp³-hybridized carbons (Fsp3) is 0.0526. The fourth-order valence-electron chi connectivity index (χ4n) is 2.62. The molecule has 2 aromatic heterocycles. The van der Waals surface area contributed by atoms with E-state index < -0.39 is 5.82 Å². The first-order chi connectivity index (χ1) is 12.2. The first-order valence-corrected chi connectivity index (χ1v) is 8.53. The molecule has 0 saturated heterocycles. The van der Waals surface area contributed by atoms with E-state index >= 15 is 0 Å². The molecule has 4 aromatic rings. The third kappa shape index (κ3) is 3.04. The predicted molar refractivity (Wildman–Crippen MR) is 96.4 cm³/mol. The van der Waals surface area contributed by atoms with E-state index in [9.17, 15) is 9.18 Å². The SMILES string of the molecule is O=c1[nH]nc(-c2ccc(F)cc2OCc2ccccc2)c2sccc12. The zero-order valence-electron chi connectivity index (χ0n) is 13.0. The molecule has 0 aliphatic rings. The molecule has 0 fully saturated rings. The smallest absolute Gasteiger partial charge is 0.272 e. The van der Waals surface area contributed by atoms with Crippen molar-refractivity contribution in [2.75, 3.05) is 0 Å². The number of hydrogen-bond donors (Lipinski definition) is 1. The number of nitrogens with zero attached hydrogens (tertiary/aromatic N) is 1. The van der Waals surface area contributed by atoms with Crippen LogP contribution in [0, 0.1) is 5.82 Å². The number of fused-ring (bicyclic) bond motifs is 1. The molecule has 0 unspecified atom stereocenters. The Bertz CT molecular complexity index is 1090. The molecular formula is C19H13FN2O2S. The number of aromatic amines is 1. The molecule has 0 bridgehead atoms. The van der Waals surface area contributed by atoms with Gasteiger partial charge in [0, 0.05) is 11.6 Å². The minimum atomic E-state index is -0.390. The van der Waals surface area contributed by atoms with Crippen LogP contribution in [0.25, 0.3) is 21.3 Å². The third-order valence-corrected chi connectivity index (χ3v) is 4.75. The maximum absolute atomic E-state index is 13.8. The van der Waals surface area contributed by atoms with Gasteiger partial charge in [0.2, 0.25) is 0 Å². The van der Waals surface area contributed by atoms with E-state index in [4.69, 9.17) is 4.74 Å². The van der Waals surface area contributed by atoms with Crippen molar-refractivity contribution in [3.8, 4) is 17.0 Å². The molecule has 4 rings (SSSR count). The first kappa shape index (κ1) is 15.5. The molecule has 6 heteroatoms. The van der Waals surface area contributed by atoms with E-state index in [-0.39, 0.29) is 5.56 Å². The van der Waals surface area contributed by atoms with Gasteiger partial charge in [0.25, 0.3) is 5.56 Å². The number of aromatic nitrogens is 2. The summed E-state index contributed by atoms with van der Waals surface area (Å²) >= 11 is 1.42. The maximum Gasteiger partial charge on any atom is 0.272 e. The standard InChI is InChI=1S/C19H13FN2O2S/c20-13-6-7-14(16(10-13)24-11-12-4-2-1-3-5-12)17-18-15(8-9-25-18)19(23)22-21-17/h1-10H,11H2,(H,22,23). The number of H-pyrrole nitrogens is 1. The van der Waals surface area contributed by atoms with Gasteiger partial charge in [-0.05, 0) is 29.1 Å². The average Bonchev–Trinajstić information content (AvgIpc) is 3.13. The van der Waals surface area contributed by atoms with E-state index in [2.05, 4.69) is 10.2 Å². The second kappa shape index (κ2) is 6.49. The van der Waals surface area contributed by atoms with Gasteiger partial charge in [0.1, 0.15) is 23.9 Å². The van der Waals surface area contributed by atoms with Gasteiger partial charge in [-0.25, -0.2) is 9.49 Å². The second-order valence-corrected chi connectivity index (χ2v) is 6.40. The normalized spacial score (nSPS) is 10.9. The van der Waals surface area contributed by atoms with Crippen LogP contribution in [0.5, 0.6) is 5.75 Å². The van der Waals surface area contributed by atoms with Gasteiger partial charge in [-0.15, -0.1) is 11.3 Å². The van der Waals surface area contributed by atoms with Crippen LogP contribution in [0.1, 0.15) is 5.56 Å². The highest BCUT2D eigenvalue weighted by molar-refractivity contribution is 7.17. The molecule has 25 heavy (non-hydrogen) atoms. The molecule has 0 radical (unpaired) electrons. The van der Waals surface area contributed by atoms with Crippen LogP contribution >= 0.6 is 11.3 Å². The highest BCUT2D eigenvalue weighted by Crippen LogP contribution is 2.35. The lowest BCUT2D eigenvalue weighted by Crippen LogP contribution is -2.08. The fourth-order valence-corrected chi connectivity index (χ4v) is 3.51. The van der Waals surface area contributed by atoms with Crippen molar-refractivity contribution in [1.29, 1.82) is 0 Å². The summed E-state index contributed by atoms with van der Waals surface area (Å²) in [5.41, 5.74) is 1.95. The molecule has 124 valence electrons. The summed E-state index contributed by atoms with van der Waals surface area (Å²) < 4.78 is 20.3. The molecule has 0 spiro atoms. The van der Waals surface area contributed by atoms with E-state index in [1.165, 1.54) is 23.5 Å². The molecule has 0 aliphatic carbocycles. The molecule has 0 saturated carbocycles. The van der Waals surface area contributed by atoms with E-state index in [1.807, 2.05) is 35.7 Å². The molecule has 2 heterocycles. The summed E-state index contributed by atoms with van der Waals surface area (Å²) in [6, 6.07) is 15.7. The first-order valence-electron chi connectivity index (χ1n) is 7.65. The number of hydrogen-bond acceptors (Lipinski definition) is 4. The van der Waals surface area contributed by atoms with E-state index in [1.54, 1.807) is 12.1 Å². The summed E-state index contributed by atoms with van der Waals surface area (Å²) in [5, 5.41) is 9.06. The van der Waals surface area contributed by atoms with Gasteiger partial charge < -0.3 is 4.74 Å². The minimum absolute atomic E-state index is 0.242. The van der Waals surface area contributed by atoms with Crippen molar-refractivity contribution in [2.45, 2.75) is 6.61 Å². The number of halogens is 1. The van der Waals surface area contributed by atoms with Gasteiger partial charge in [0.05, 0.1) is 10.1 Å². The maximum atomic E-state index is 13.8. The summed E-state index contributed by atoms with van der Waals surface area (Å²) in [4.78, 5) is 11.9. The van der Waals surface area contributed by atoms with Gasteiger partial charge in [0.15, 0.2) is 0 Å². The quantitative estimate of drug-likeness (QED) is 0.593. The van der Waals surface area contributed by atoms with Gasteiger partial charge in [-0.3, -0.25) is 4.79 Å². The molecule has 1 N–H and O–H groups in total. The number of benzene rings is 2. The Morgan fingerprint density at radius 1 is 1.12 bits per heavy atom. The molecule has 0 amide bonds. The lowest BCUT2D eigenvalue weighted by Gasteiger charge is -2.12. The topological polar surface area (TPSA) is 55.0 Å². The van der Waals surface area contributed by atoms with E-state index in [0.29, 0.717) is 29.0 Å². The Hall–Kier alpha value is -2.99. The number of thiophene rings is 1. The van der Waals surface area contributed by atoms with Crippen LogP contribution in [0.4, 0.5) is 4.39 Å².